The van der Waals surface area contributed by atoms with Gasteiger partial charge in [-0.2, -0.15) is 13.2 Å². The molecule has 1 unspecified atom stereocenters. The van der Waals surface area contributed by atoms with Crippen LogP contribution in [0.5, 0.6) is 11.5 Å². The van der Waals surface area contributed by atoms with E-state index in [0.717, 1.165) is 10.5 Å². The lowest BCUT2D eigenvalue weighted by atomic mass is 9.88. The lowest BCUT2D eigenvalue weighted by Crippen LogP contribution is -2.47. The summed E-state index contributed by atoms with van der Waals surface area (Å²) in [6.07, 6.45) is -4.55. The number of alkyl halides is 3. The van der Waals surface area contributed by atoms with Gasteiger partial charge in [0.25, 0.3) is 0 Å². The van der Waals surface area contributed by atoms with Gasteiger partial charge in [-0.15, -0.1) is 0 Å². The monoisotopic (exact) mass is 755 g/mol. The fourth-order valence-electron chi connectivity index (χ4n) is 3.71. The van der Waals surface area contributed by atoms with E-state index in [1.165, 1.54) is 14.2 Å². The third-order valence-electron chi connectivity index (χ3n) is 5.11. The van der Waals surface area contributed by atoms with Gasteiger partial charge in [-0.05, 0) is 99.0 Å². The Morgan fingerprint density at radius 3 is 2.14 bits per heavy atom. The quantitative estimate of drug-likeness (QED) is 0.206. The van der Waals surface area contributed by atoms with Crippen LogP contribution in [0.2, 0.25) is 0 Å². The molecule has 1 N–H and O–H groups in total. The molecule has 1 aliphatic heterocycles. The first-order valence-electron chi connectivity index (χ1n) is 9.74. The van der Waals surface area contributed by atoms with Crippen LogP contribution in [0.25, 0.3) is 4.98 Å². The van der Waals surface area contributed by atoms with Crippen molar-refractivity contribution in [3.8, 4) is 11.5 Å². The molecule has 0 saturated carbocycles. The minimum absolute atomic E-state index is 0.0657. The molecule has 0 saturated heterocycles. The molecule has 16 heteroatoms. The second kappa shape index (κ2) is 12.1. The van der Waals surface area contributed by atoms with Crippen LogP contribution in [0.15, 0.2) is 24.3 Å². The molecule has 0 fully saturated rings. The van der Waals surface area contributed by atoms with E-state index in [-0.39, 0.29) is 19.4 Å². The molecule has 0 radical (unpaired) electrons. The molecule has 1 aliphatic rings. The Bertz CT molecular complexity index is 1270. The SMILES string of the molecule is COc1cc2c(cc1OC)C(Cc1cc(I)c([N+]#N)c(I)c1)N(C(=O)C(F)(F)F)CC2.O=S(=O)([O-])O. The van der Waals surface area contributed by atoms with Gasteiger partial charge < -0.3 is 18.9 Å². The van der Waals surface area contributed by atoms with Crippen molar-refractivity contribution in [2.24, 2.45) is 0 Å². The fourth-order valence-corrected chi connectivity index (χ4v) is 5.82. The molecular formula is C20H18F3I2N3O7S. The first-order chi connectivity index (χ1) is 16.6. The predicted molar refractivity (Wildman–Crippen MR) is 136 cm³/mol. The molecule has 0 aromatic heterocycles. The number of fused-ring (bicyclic) bond motifs is 1. The summed E-state index contributed by atoms with van der Waals surface area (Å²) in [5.41, 5.74) is 2.50. The number of carbonyl (C=O) groups is 1. The summed E-state index contributed by atoms with van der Waals surface area (Å²) in [5.74, 6) is -1.01. The third kappa shape index (κ3) is 7.77. The zero-order chi connectivity index (χ0) is 27.4. The summed E-state index contributed by atoms with van der Waals surface area (Å²) in [5, 5.41) is 9.16. The number of nitrogens with zero attached hydrogens (tertiary/aromatic N) is 3. The average Bonchev–Trinajstić information content (AvgIpc) is 2.76. The number of hydrogen-bond acceptors (Lipinski definition) is 7. The zero-order valence-electron chi connectivity index (χ0n) is 18.5. The molecule has 1 atom stereocenters. The number of methoxy groups -OCH3 is 2. The molecule has 0 bridgehead atoms. The van der Waals surface area contributed by atoms with Gasteiger partial charge in [0, 0.05) is 6.54 Å². The molecule has 2 aromatic carbocycles. The lowest BCUT2D eigenvalue weighted by Gasteiger charge is -2.38. The maximum absolute atomic E-state index is 13.3. The number of benzene rings is 2. The normalized spacial score (nSPS) is 15.2. The first kappa shape index (κ1) is 30.3. The number of hydrogen-bond donors (Lipinski definition) is 1. The van der Waals surface area contributed by atoms with E-state index in [1.54, 1.807) is 24.3 Å². The van der Waals surface area contributed by atoms with Crippen molar-refractivity contribution in [3.05, 3.63) is 53.1 Å². The second-order valence-electron chi connectivity index (χ2n) is 7.31. The summed E-state index contributed by atoms with van der Waals surface area (Å²) in [7, 11) is -1.98. The maximum Gasteiger partial charge on any atom is 0.471 e. The van der Waals surface area contributed by atoms with Crippen LogP contribution in [0.1, 0.15) is 22.7 Å². The maximum atomic E-state index is 13.3. The molecule has 196 valence electrons. The van der Waals surface area contributed by atoms with Crippen LogP contribution < -0.4 is 9.47 Å². The summed E-state index contributed by atoms with van der Waals surface area (Å²) in [6.45, 7) is -0.0657. The van der Waals surface area contributed by atoms with Gasteiger partial charge in [0.05, 0.1) is 20.3 Å². The van der Waals surface area contributed by atoms with Gasteiger partial charge in [-0.1, -0.05) is 0 Å². The van der Waals surface area contributed by atoms with Crippen molar-refractivity contribution in [1.29, 1.82) is 5.39 Å². The number of rotatable bonds is 4. The van der Waals surface area contributed by atoms with Gasteiger partial charge in [0.2, 0.25) is 15.8 Å². The average molecular weight is 755 g/mol. The highest BCUT2D eigenvalue weighted by molar-refractivity contribution is 14.1. The van der Waals surface area contributed by atoms with Crippen LogP contribution in [-0.4, -0.2) is 55.3 Å². The van der Waals surface area contributed by atoms with Gasteiger partial charge >= 0.3 is 17.8 Å². The molecule has 1 amide bonds. The highest BCUT2D eigenvalue weighted by Crippen LogP contribution is 2.41. The van der Waals surface area contributed by atoms with Crippen LogP contribution in [0.4, 0.5) is 18.9 Å². The Balaban J connectivity index is 0.000000830. The molecule has 10 nitrogen and oxygen atoms in total. The Hall–Kier alpha value is -1.95. The van der Waals surface area contributed by atoms with Gasteiger partial charge in [0.15, 0.2) is 16.5 Å². The molecule has 0 spiro atoms. The highest BCUT2D eigenvalue weighted by Gasteiger charge is 2.46. The number of carbonyl (C=O) groups excluding carboxylic acids is 1. The number of ether oxygens (including phenoxy) is 2. The van der Waals surface area contributed by atoms with Crippen molar-refractivity contribution in [2.45, 2.75) is 25.1 Å². The van der Waals surface area contributed by atoms with Crippen molar-refractivity contribution in [2.75, 3.05) is 20.8 Å². The summed E-state index contributed by atoms with van der Waals surface area (Å²) in [4.78, 5) is 16.4. The molecule has 1 heterocycles. The van der Waals surface area contributed by atoms with Gasteiger partial charge in [-0.3, -0.25) is 9.35 Å². The number of amides is 1. The Morgan fingerprint density at radius 2 is 1.69 bits per heavy atom. The Kier molecular flexibility index (Phi) is 10.1. The minimum atomic E-state index is -4.98. The topological polar surface area (TPSA) is 144 Å². The van der Waals surface area contributed by atoms with E-state index in [0.29, 0.717) is 35.5 Å². The fraction of sp³-hybridized carbons (Fsp3) is 0.350. The summed E-state index contributed by atoms with van der Waals surface area (Å²) < 4.78 is 84.8. The van der Waals surface area contributed by atoms with Crippen LogP contribution >= 0.6 is 45.2 Å². The number of halogens is 5. The summed E-state index contributed by atoms with van der Waals surface area (Å²) in [6, 6.07) is 6.02. The Morgan fingerprint density at radius 1 is 1.19 bits per heavy atom. The van der Waals surface area contributed by atoms with Crippen LogP contribution in [0.3, 0.4) is 0 Å². The molecule has 3 rings (SSSR count). The van der Waals surface area contributed by atoms with E-state index in [9.17, 15) is 18.0 Å². The Labute approximate surface area is 231 Å². The number of diazo groups is 1. The van der Waals surface area contributed by atoms with E-state index in [4.69, 9.17) is 32.4 Å². The van der Waals surface area contributed by atoms with Crippen LogP contribution in [0, 0.1) is 12.5 Å². The molecular weight excluding hydrogens is 737 g/mol. The first-order valence-corrected chi connectivity index (χ1v) is 13.3. The molecule has 2 aromatic rings. The predicted octanol–water partition coefficient (Wildman–Crippen LogP) is 4.63. The van der Waals surface area contributed by atoms with E-state index >= 15 is 0 Å². The molecule has 36 heavy (non-hydrogen) atoms. The van der Waals surface area contributed by atoms with Crippen molar-refractivity contribution in [1.82, 2.24) is 4.90 Å². The second-order valence-corrected chi connectivity index (χ2v) is 10.5. The van der Waals surface area contributed by atoms with Crippen molar-refractivity contribution < 1.29 is 45.0 Å². The highest BCUT2D eigenvalue weighted by atomic mass is 127. The zero-order valence-corrected chi connectivity index (χ0v) is 23.7. The lowest BCUT2D eigenvalue weighted by molar-refractivity contribution is -0.188. The largest absolute Gasteiger partial charge is 0.726 e. The van der Waals surface area contributed by atoms with Crippen LogP contribution in [-0.2, 0) is 28.0 Å². The van der Waals surface area contributed by atoms with Crippen molar-refractivity contribution in [3.63, 3.8) is 0 Å². The van der Waals surface area contributed by atoms with Gasteiger partial charge in [0.1, 0.15) is 7.14 Å². The van der Waals surface area contributed by atoms with E-state index in [1.807, 2.05) is 45.2 Å². The third-order valence-corrected chi connectivity index (χ3v) is 6.76. The molecule has 0 aliphatic carbocycles. The smallest absolute Gasteiger partial charge is 0.471 e. The summed E-state index contributed by atoms with van der Waals surface area (Å²) >= 11 is 4.00. The van der Waals surface area contributed by atoms with Gasteiger partial charge in [-0.25, -0.2) is 8.42 Å². The van der Waals surface area contributed by atoms with E-state index < -0.39 is 28.5 Å². The minimum Gasteiger partial charge on any atom is -0.726 e. The van der Waals surface area contributed by atoms with E-state index in [2.05, 4.69) is 4.98 Å². The standard InChI is InChI=1S/C20H17F3I2N3O3.H2O4S/c1-30-16-8-11-3-4-28(19(29)20(21,22)23)15(12(11)9-17(16)31-2)7-10-5-13(24)18(27-26)14(25)6-10;1-5(2,3)4/h5-6,8-9,15H,3-4,7H2,1-2H3;(H2,1,2,3,4)/q+1;/p-1. The van der Waals surface area contributed by atoms with Crippen molar-refractivity contribution >= 4 is 67.2 Å².